The molecule has 1 heterocycles. The normalized spacial score (nSPS) is 11.4. The zero-order valence-corrected chi connectivity index (χ0v) is 8.92. The summed E-state index contributed by atoms with van der Waals surface area (Å²) in [4.78, 5) is 0. The van der Waals surface area contributed by atoms with E-state index in [1.165, 1.54) is 0 Å². The molecule has 74 valence electrons. The van der Waals surface area contributed by atoms with Gasteiger partial charge in [-0.15, -0.1) is 0 Å². The van der Waals surface area contributed by atoms with Crippen LogP contribution in [0.5, 0.6) is 0 Å². The zero-order chi connectivity index (χ0) is 10.3. The SMILES string of the molecule is CC(C)n1nc2ccc(Cl)cc2c1N. The van der Waals surface area contributed by atoms with Gasteiger partial charge < -0.3 is 5.73 Å². The van der Waals surface area contributed by atoms with Gasteiger partial charge in [-0.25, -0.2) is 4.68 Å². The van der Waals surface area contributed by atoms with Crippen LogP contribution in [0.25, 0.3) is 10.9 Å². The van der Waals surface area contributed by atoms with Crippen molar-refractivity contribution in [3.63, 3.8) is 0 Å². The first kappa shape index (κ1) is 9.34. The molecule has 0 saturated heterocycles. The van der Waals surface area contributed by atoms with E-state index in [0.29, 0.717) is 10.8 Å². The predicted octanol–water partition coefficient (Wildman–Crippen LogP) is 2.85. The first-order valence-corrected chi connectivity index (χ1v) is 4.90. The maximum absolute atomic E-state index is 5.95. The van der Waals surface area contributed by atoms with Crippen molar-refractivity contribution in [3.05, 3.63) is 23.2 Å². The Morgan fingerprint density at radius 3 is 2.79 bits per heavy atom. The molecular formula is C10H12ClN3. The number of nitrogens with two attached hydrogens (primary N) is 1. The van der Waals surface area contributed by atoms with E-state index < -0.39 is 0 Å². The molecule has 2 rings (SSSR count). The summed E-state index contributed by atoms with van der Waals surface area (Å²) in [7, 11) is 0. The molecule has 4 heteroatoms. The maximum atomic E-state index is 5.95. The molecule has 0 fully saturated rings. The topological polar surface area (TPSA) is 43.8 Å². The van der Waals surface area contributed by atoms with Gasteiger partial charge in [-0.05, 0) is 32.0 Å². The molecule has 2 N–H and O–H groups in total. The summed E-state index contributed by atoms with van der Waals surface area (Å²) in [6.07, 6.45) is 0. The molecule has 0 amide bonds. The molecule has 14 heavy (non-hydrogen) atoms. The Balaban J connectivity index is 2.74. The van der Waals surface area contributed by atoms with E-state index in [9.17, 15) is 0 Å². The fourth-order valence-electron chi connectivity index (χ4n) is 1.49. The van der Waals surface area contributed by atoms with Crippen LogP contribution >= 0.6 is 11.6 Å². The van der Waals surface area contributed by atoms with E-state index >= 15 is 0 Å². The lowest BCUT2D eigenvalue weighted by molar-refractivity contribution is 0.545. The summed E-state index contributed by atoms with van der Waals surface area (Å²) in [5.41, 5.74) is 6.84. The number of hydrogen-bond acceptors (Lipinski definition) is 2. The number of anilines is 1. The highest BCUT2D eigenvalue weighted by molar-refractivity contribution is 6.31. The molecule has 0 unspecified atom stereocenters. The van der Waals surface area contributed by atoms with Gasteiger partial charge in [0.2, 0.25) is 0 Å². The van der Waals surface area contributed by atoms with E-state index in [2.05, 4.69) is 5.10 Å². The van der Waals surface area contributed by atoms with Crippen LogP contribution < -0.4 is 5.73 Å². The number of halogens is 1. The summed E-state index contributed by atoms with van der Waals surface area (Å²) in [6.45, 7) is 4.09. The fourth-order valence-corrected chi connectivity index (χ4v) is 1.66. The van der Waals surface area contributed by atoms with Crippen LogP contribution in [0.3, 0.4) is 0 Å². The molecule has 1 aromatic heterocycles. The van der Waals surface area contributed by atoms with Gasteiger partial charge in [-0.1, -0.05) is 11.6 Å². The monoisotopic (exact) mass is 209 g/mol. The third-order valence-electron chi connectivity index (χ3n) is 2.19. The van der Waals surface area contributed by atoms with Crippen molar-refractivity contribution < 1.29 is 0 Å². The first-order chi connectivity index (χ1) is 6.59. The lowest BCUT2D eigenvalue weighted by atomic mass is 10.2. The minimum Gasteiger partial charge on any atom is -0.383 e. The third-order valence-corrected chi connectivity index (χ3v) is 2.42. The number of benzene rings is 1. The van der Waals surface area contributed by atoms with E-state index in [0.717, 1.165) is 10.9 Å². The van der Waals surface area contributed by atoms with Gasteiger partial charge in [-0.2, -0.15) is 5.10 Å². The summed E-state index contributed by atoms with van der Waals surface area (Å²) in [5.74, 6) is 0.678. The third kappa shape index (κ3) is 1.34. The van der Waals surface area contributed by atoms with E-state index in [1.807, 2.05) is 32.0 Å². The number of fused-ring (bicyclic) bond motifs is 1. The van der Waals surface area contributed by atoms with Crippen LogP contribution in [-0.2, 0) is 0 Å². The highest BCUT2D eigenvalue weighted by atomic mass is 35.5. The van der Waals surface area contributed by atoms with Gasteiger partial charge in [-0.3, -0.25) is 0 Å². The minimum atomic E-state index is 0.265. The van der Waals surface area contributed by atoms with Gasteiger partial charge in [0, 0.05) is 16.5 Å². The molecule has 0 spiro atoms. The number of hydrogen-bond donors (Lipinski definition) is 1. The largest absolute Gasteiger partial charge is 0.383 e. The number of nitrogens with zero attached hydrogens (tertiary/aromatic N) is 2. The van der Waals surface area contributed by atoms with Gasteiger partial charge in [0.1, 0.15) is 5.82 Å². The summed E-state index contributed by atoms with van der Waals surface area (Å²) in [5, 5.41) is 6.00. The second kappa shape index (κ2) is 3.17. The molecule has 0 bridgehead atoms. The second-order valence-electron chi connectivity index (χ2n) is 3.59. The lowest BCUT2D eigenvalue weighted by Crippen LogP contribution is -2.06. The number of nitrogen functional groups attached to an aromatic ring is 1. The standard InChI is InChI=1S/C10H12ClN3/c1-6(2)14-10(12)8-5-7(11)3-4-9(8)13-14/h3-6H,12H2,1-2H3. The van der Waals surface area contributed by atoms with E-state index in [-0.39, 0.29) is 6.04 Å². The predicted molar refractivity (Wildman–Crippen MR) is 59.5 cm³/mol. The van der Waals surface area contributed by atoms with Crippen molar-refractivity contribution in [3.8, 4) is 0 Å². The Hall–Kier alpha value is -1.22. The van der Waals surface area contributed by atoms with Gasteiger partial charge in [0.25, 0.3) is 0 Å². The molecule has 0 radical (unpaired) electrons. The summed E-state index contributed by atoms with van der Waals surface area (Å²) < 4.78 is 1.81. The van der Waals surface area contributed by atoms with E-state index in [1.54, 1.807) is 4.68 Å². The first-order valence-electron chi connectivity index (χ1n) is 4.53. The van der Waals surface area contributed by atoms with Crippen LogP contribution in [0.15, 0.2) is 18.2 Å². The van der Waals surface area contributed by atoms with Gasteiger partial charge in [0.05, 0.1) is 5.52 Å². The quantitative estimate of drug-likeness (QED) is 0.785. The van der Waals surface area contributed by atoms with Crippen LogP contribution in [0, 0.1) is 0 Å². The van der Waals surface area contributed by atoms with Crippen molar-refractivity contribution >= 4 is 28.3 Å². The highest BCUT2D eigenvalue weighted by Crippen LogP contribution is 2.26. The van der Waals surface area contributed by atoms with Crippen molar-refractivity contribution in [1.29, 1.82) is 0 Å². The average molecular weight is 210 g/mol. The molecule has 2 aromatic rings. The van der Waals surface area contributed by atoms with Crippen molar-refractivity contribution in [2.75, 3.05) is 5.73 Å². The fraction of sp³-hybridized carbons (Fsp3) is 0.300. The van der Waals surface area contributed by atoms with Crippen LogP contribution in [0.4, 0.5) is 5.82 Å². The Morgan fingerprint density at radius 1 is 1.43 bits per heavy atom. The van der Waals surface area contributed by atoms with Crippen molar-refractivity contribution in [2.24, 2.45) is 0 Å². The molecule has 1 aromatic carbocycles. The molecule has 3 nitrogen and oxygen atoms in total. The van der Waals surface area contributed by atoms with Gasteiger partial charge >= 0.3 is 0 Å². The van der Waals surface area contributed by atoms with Crippen LogP contribution in [0.1, 0.15) is 19.9 Å². The minimum absolute atomic E-state index is 0.265. The van der Waals surface area contributed by atoms with Crippen molar-refractivity contribution in [1.82, 2.24) is 9.78 Å². The lowest BCUT2D eigenvalue weighted by Gasteiger charge is -2.06. The Bertz CT molecular complexity index is 473. The average Bonchev–Trinajstić information content (AvgIpc) is 2.44. The van der Waals surface area contributed by atoms with Crippen LogP contribution in [0.2, 0.25) is 5.02 Å². The zero-order valence-electron chi connectivity index (χ0n) is 8.16. The molecule has 0 saturated carbocycles. The summed E-state index contributed by atoms with van der Waals surface area (Å²) >= 11 is 5.89. The highest BCUT2D eigenvalue weighted by Gasteiger charge is 2.10. The summed E-state index contributed by atoms with van der Waals surface area (Å²) in [6, 6.07) is 5.81. The molecule has 0 aliphatic rings. The maximum Gasteiger partial charge on any atom is 0.129 e. The second-order valence-corrected chi connectivity index (χ2v) is 4.02. The molecule has 0 aliphatic heterocycles. The van der Waals surface area contributed by atoms with Gasteiger partial charge in [0.15, 0.2) is 0 Å². The Morgan fingerprint density at radius 2 is 2.14 bits per heavy atom. The Kier molecular flexibility index (Phi) is 2.11. The van der Waals surface area contributed by atoms with Crippen LogP contribution in [-0.4, -0.2) is 9.78 Å². The van der Waals surface area contributed by atoms with Crippen molar-refractivity contribution in [2.45, 2.75) is 19.9 Å². The Labute approximate surface area is 87.5 Å². The number of rotatable bonds is 1. The molecule has 0 atom stereocenters. The smallest absolute Gasteiger partial charge is 0.129 e. The molecule has 0 aliphatic carbocycles. The van der Waals surface area contributed by atoms with E-state index in [4.69, 9.17) is 17.3 Å². The molecular weight excluding hydrogens is 198 g/mol. The number of aromatic nitrogens is 2.